The highest BCUT2D eigenvalue weighted by Gasteiger charge is 2.62. The fourth-order valence-electron chi connectivity index (χ4n) is 4.09. The third-order valence-corrected chi connectivity index (χ3v) is 4.57. The molecule has 1 aliphatic carbocycles. The summed E-state index contributed by atoms with van der Waals surface area (Å²) in [6, 6.07) is 0.937. The zero-order valence-corrected chi connectivity index (χ0v) is 10.3. The molecule has 0 N–H and O–H groups in total. The Morgan fingerprint density at radius 1 is 1.47 bits per heavy atom. The van der Waals surface area contributed by atoms with Crippen LogP contribution in [0.1, 0.15) is 46.5 Å². The summed E-state index contributed by atoms with van der Waals surface area (Å²) in [4.78, 5) is 2.80. The van der Waals surface area contributed by atoms with E-state index in [1.54, 1.807) is 0 Å². The lowest BCUT2D eigenvalue weighted by Crippen LogP contribution is -2.44. The van der Waals surface area contributed by atoms with Crippen LogP contribution >= 0.6 is 0 Å². The Balaban J connectivity index is 1.90. The monoisotopic (exact) mass is 205 g/mol. The van der Waals surface area contributed by atoms with E-state index >= 15 is 0 Å². The van der Waals surface area contributed by atoms with Crippen LogP contribution in [0.2, 0.25) is 0 Å². The van der Waals surface area contributed by atoms with Crippen molar-refractivity contribution in [3.05, 3.63) is 12.2 Å². The van der Waals surface area contributed by atoms with Crippen molar-refractivity contribution in [2.24, 2.45) is 11.3 Å². The van der Waals surface area contributed by atoms with Gasteiger partial charge >= 0.3 is 0 Å². The molecule has 3 unspecified atom stereocenters. The Bertz CT molecular complexity index is 312. The predicted molar refractivity (Wildman–Crippen MR) is 63.8 cm³/mol. The highest BCUT2D eigenvalue weighted by Crippen LogP contribution is 2.60. The Morgan fingerprint density at radius 3 is 2.87 bits per heavy atom. The molecule has 15 heavy (non-hydrogen) atoms. The summed E-state index contributed by atoms with van der Waals surface area (Å²) in [6.45, 7) is 12.8. The fraction of sp³-hybridized carbons (Fsp3) is 0.857. The molecular formula is C14H23N. The van der Waals surface area contributed by atoms with E-state index in [0.717, 1.165) is 12.0 Å². The Hall–Kier alpha value is -0.300. The van der Waals surface area contributed by atoms with Crippen LogP contribution in [-0.2, 0) is 0 Å². The number of hydrogen-bond acceptors (Lipinski definition) is 1. The lowest BCUT2D eigenvalue weighted by molar-refractivity contribution is 0.129. The largest absolute Gasteiger partial charge is 0.290 e. The molecule has 1 heteroatoms. The molecule has 0 aromatic carbocycles. The lowest BCUT2D eigenvalue weighted by Gasteiger charge is -2.40. The summed E-state index contributed by atoms with van der Waals surface area (Å²) in [5.74, 6) is 1.02. The second-order valence-electron chi connectivity index (χ2n) is 7.08. The molecule has 84 valence electrons. The number of nitrogens with zero attached hydrogens (tertiary/aromatic N) is 1. The second kappa shape index (κ2) is 2.68. The van der Waals surface area contributed by atoms with E-state index in [-0.39, 0.29) is 0 Å². The summed E-state index contributed by atoms with van der Waals surface area (Å²) < 4.78 is 0. The number of rotatable bonds is 1. The van der Waals surface area contributed by atoms with Crippen LogP contribution in [0.25, 0.3) is 0 Å². The quantitative estimate of drug-likeness (QED) is 0.594. The molecule has 3 rings (SSSR count). The van der Waals surface area contributed by atoms with Gasteiger partial charge in [0.25, 0.3) is 0 Å². The zero-order valence-electron chi connectivity index (χ0n) is 10.3. The van der Waals surface area contributed by atoms with Crippen LogP contribution in [0.4, 0.5) is 0 Å². The van der Waals surface area contributed by atoms with Crippen molar-refractivity contribution >= 4 is 0 Å². The van der Waals surface area contributed by atoms with Gasteiger partial charge in [0.05, 0.1) is 0 Å². The Labute approximate surface area is 93.5 Å². The Kier molecular flexibility index (Phi) is 1.77. The van der Waals surface area contributed by atoms with Gasteiger partial charge in [0, 0.05) is 18.1 Å². The zero-order chi connectivity index (χ0) is 10.8. The molecular weight excluding hydrogens is 182 g/mol. The maximum atomic E-state index is 4.37. The summed E-state index contributed by atoms with van der Waals surface area (Å²) in [5, 5.41) is 0. The fourth-order valence-corrected chi connectivity index (χ4v) is 4.09. The van der Waals surface area contributed by atoms with Gasteiger partial charge < -0.3 is 0 Å². The van der Waals surface area contributed by atoms with Crippen LogP contribution in [0.5, 0.6) is 0 Å². The molecule has 0 bridgehead atoms. The van der Waals surface area contributed by atoms with Crippen molar-refractivity contribution in [2.45, 2.75) is 58.0 Å². The minimum atomic E-state index is 0.409. The molecule has 2 aliphatic heterocycles. The minimum absolute atomic E-state index is 0.409. The molecule has 3 aliphatic rings. The van der Waals surface area contributed by atoms with E-state index in [0.29, 0.717) is 11.0 Å². The van der Waals surface area contributed by atoms with Gasteiger partial charge in [-0.15, -0.1) is 0 Å². The molecule has 0 radical (unpaired) electrons. The van der Waals surface area contributed by atoms with Crippen molar-refractivity contribution in [3.8, 4) is 0 Å². The Morgan fingerprint density at radius 2 is 2.20 bits per heavy atom. The second-order valence-corrected chi connectivity index (χ2v) is 7.08. The van der Waals surface area contributed by atoms with E-state index in [2.05, 4.69) is 32.3 Å². The molecule has 0 spiro atoms. The number of piperidine rings is 1. The molecule has 2 heterocycles. The number of hydrogen-bond donors (Lipinski definition) is 0. The van der Waals surface area contributed by atoms with Crippen molar-refractivity contribution in [1.82, 2.24) is 4.90 Å². The molecule has 0 amide bonds. The first-order chi connectivity index (χ1) is 6.92. The van der Waals surface area contributed by atoms with Gasteiger partial charge in [0.2, 0.25) is 0 Å². The molecule has 0 aromatic heterocycles. The van der Waals surface area contributed by atoms with Gasteiger partial charge in [-0.25, -0.2) is 0 Å². The summed E-state index contributed by atoms with van der Waals surface area (Å²) >= 11 is 0. The average molecular weight is 205 g/mol. The van der Waals surface area contributed by atoms with E-state index < -0.39 is 0 Å². The first-order valence-electron chi connectivity index (χ1n) is 6.37. The van der Waals surface area contributed by atoms with Gasteiger partial charge in [0.15, 0.2) is 0 Å². The lowest BCUT2D eigenvalue weighted by atomic mass is 9.74. The van der Waals surface area contributed by atoms with Crippen LogP contribution in [0, 0.1) is 11.3 Å². The third kappa shape index (κ3) is 1.32. The summed E-state index contributed by atoms with van der Waals surface area (Å²) in [6.07, 6.45) is 5.44. The van der Waals surface area contributed by atoms with Gasteiger partial charge in [0.1, 0.15) is 0 Å². The molecule has 1 saturated carbocycles. The molecule has 2 saturated heterocycles. The minimum Gasteiger partial charge on any atom is -0.290 e. The van der Waals surface area contributed by atoms with Crippen molar-refractivity contribution in [1.29, 1.82) is 0 Å². The van der Waals surface area contributed by atoms with Gasteiger partial charge in [-0.05, 0) is 37.0 Å². The highest BCUT2D eigenvalue weighted by molar-refractivity contribution is 5.31. The van der Waals surface area contributed by atoms with Crippen molar-refractivity contribution in [3.63, 3.8) is 0 Å². The molecule has 1 nitrogen and oxygen atoms in total. The van der Waals surface area contributed by atoms with E-state index in [1.165, 1.54) is 37.8 Å². The van der Waals surface area contributed by atoms with Crippen molar-refractivity contribution in [2.75, 3.05) is 6.54 Å². The van der Waals surface area contributed by atoms with Crippen LogP contribution in [-0.4, -0.2) is 23.0 Å². The first-order valence-corrected chi connectivity index (χ1v) is 6.37. The van der Waals surface area contributed by atoms with Gasteiger partial charge in [-0.1, -0.05) is 32.9 Å². The maximum Gasteiger partial charge on any atom is 0.0429 e. The molecule has 3 fully saturated rings. The molecule has 3 atom stereocenters. The van der Waals surface area contributed by atoms with Crippen LogP contribution in [0.15, 0.2) is 12.2 Å². The van der Waals surface area contributed by atoms with Crippen LogP contribution in [0.3, 0.4) is 0 Å². The smallest absolute Gasteiger partial charge is 0.0429 e. The highest BCUT2D eigenvalue weighted by atomic mass is 15.3. The van der Waals surface area contributed by atoms with Crippen LogP contribution < -0.4 is 0 Å². The van der Waals surface area contributed by atoms with Gasteiger partial charge in [-0.2, -0.15) is 0 Å². The average Bonchev–Trinajstić information content (AvgIpc) is 2.65. The topological polar surface area (TPSA) is 3.24 Å². The summed E-state index contributed by atoms with van der Waals surface area (Å²) in [7, 11) is 0. The van der Waals surface area contributed by atoms with Crippen molar-refractivity contribution < 1.29 is 0 Å². The van der Waals surface area contributed by atoms with E-state index in [1.807, 2.05) is 0 Å². The SMILES string of the molecule is C=C1CCN2C3CC3CC12CC(C)(C)C. The van der Waals surface area contributed by atoms with E-state index in [4.69, 9.17) is 0 Å². The normalized spacial score (nSPS) is 44.3. The standard InChI is InChI=1S/C14H23N/c1-10-5-6-15-12-7-11(12)8-14(10,15)9-13(2,3)4/h11-12H,1,5-9H2,2-4H3. The maximum absolute atomic E-state index is 4.37. The summed E-state index contributed by atoms with van der Waals surface area (Å²) in [5.41, 5.74) is 2.37. The van der Waals surface area contributed by atoms with E-state index in [9.17, 15) is 0 Å². The van der Waals surface area contributed by atoms with Gasteiger partial charge in [-0.3, -0.25) is 4.90 Å². The number of fused-ring (bicyclic) bond motifs is 3. The third-order valence-electron chi connectivity index (χ3n) is 4.57. The molecule has 0 aromatic rings. The first kappa shape index (κ1) is 9.89. The predicted octanol–water partition coefficient (Wildman–Crippen LogP) is 3.22.